The van der Waals surface area contributed by atoms with Gasteiger partial charge in [-0.2, -0.15) is 5.10 Å². The summed E-state index contributed by atoms with van der Waals surface area (Å²) >= 11 is 0. The van der Waals surface area contributed by atoms with E-state index in [-0.39, 0.29) is 11.8 Å². The van der Waals surface area contributed by atoms with Gasteiger partial charge in [0.05, 0.1) is 11.7 Å². The number of aromatic amines is 1. The Kier molecular flexibility index (Phi) is 3.97. The van der Waals surface area contributed by atoms with Crippen LogP contribution in [0, 0.1) is 5.92 Å². The number of nitrogens with one attached hydrogen (secondary N) is 2. The van der Waals surface area contributed by atoms with Crippen molar-refractivity contribution in [2.75, 3.05) is 13.1 Å². The predicted octanol–water partition coefficient (Wildman–Crippen LogP) is 1.73. The second-order valence-corrected chi connectivity index (χ2v) is 6.61. The van der Waals surface area contributed by atoms with Gasteiger partial charge >= 0.3 is 0 Å². The SMILES string of the molecule is NC(=O)C(c1cccnc1)(c1ccc2[nH]ncc2c1)C1CCNCC1. The van der Waals surface area contributed by atoms with Crippen LogP contribution in [0.3, 0.4) is 0 Å². The summed E-state index contributed by atoms with van der Waals surface area (Å²) in [6.45, 7) is 1.77. The average molecular weight is 335 g/mol. The van der Waals surface area contributed by atoms with Gasteiger partial charge in [-0.3, -0.25) is 14.9 Å². The van der Waals surface area contributed by atoms with Crippen molar-refractivity contribution in [3.05, 3.63) is 60.0 Å². The molecular weight excluding hydrogens is 314 g/mol. The molecule has 3 heterocycles. The Morgan fingerprint density at radius 2 is 2.00 bits per heavy atom. The van der Waals surface area contributed by atoms with E-state index in [4.69, 9.17) is 5.73 Å². The van der Waals surface area contributed by atoms with Gasteiger partial charge in [0.25, 0.3) is 0 Å². The summed E-state index contributed by atoms with van der Waals surface area (Å²) in [5.41, 5.74) is 7.90. The van der Waals surface area contributed by atoms with Crippen molar-refractivity contribution >= 4 is 16.8 Å². The number of pyridine rings is 1. The van der Waals surface area contributed by atoms with Crippen molar-refractivity contribution < 1.29 is 4.79 Å². The number of nitrogens with zero attached hydrogens (tertiary/aromatic N) is 2. The molecule has 1 atom stereocenters. The average Bonchev–Trinajstić information content (AvgIpc) is 3.12. The fourth-order valence-corrected chi connectivity index (χ4v) is 4.16. The first-order valence-corrected chi connectivity index (χ1v) is 8.57. The van der Waals surface area contributed by atoms with Gasteiger partial charge in [-0.15, -0.1) is 0 Å². The second kappa shape index (κ2) is 6.29. The van der Waals surface area contributed by atoms with E-state index >= 15 is 0 Å². The third kappa shape index (κ3) is 2.49. The molecule has 1 aliphatic heterocycles. The monoisotopic (exact) mass is 335 g/mol. The Hall–Kier alpha value is -2.73. The number of amides is 1. The molecule has 25 heavy (non-hydrogen) atoms. The van der Waals surface area contributed by atoms with Gasteiger partial charge < -0.3 is 11.1 Å². The van der Waals surface area contributed by atoms with Crippen LogP contribution in [0.25, 0.3) is 10.9 Å². The van der Waals surface area contributed by atoms with Crippen molar-refractivity contribution in [3.63, 3.8) is 0 Å². The quantitative estimate of drug-likeness (QED) is 0.676. The van der Waals surface area contributed by atoms with Gasteiger partial charge in [0.15, 0.2) is 0 Å². The third-order valence-electron chi connectivity index (χ3n) is 5.35. The first kappa shape index (κ1) is 15.8. The number of primary amides is 1. The summed E-state index contributed by atoms with van der Waals surface area (Å²) < 4.78 is 0. The lowest BCUT2D eigenvalue weighted by atomic mass is 9.62. The number of nitrogens with two attached hydrogens (primary N) is 1. The summed E-state index contributed by atoms with van der Waals surface area (Å²) in [4.78, 5) is 17.2. The highest BCUT2D eigenvalue weighted by Crippen LogP contribution is 2.43. The summed E-state index contributed by atoms with van der Waals surface area (Å²) in [7, 11) is 0. The Balaban J connectivity index is 1.97. The minimum atomic E-state index is -0.887. The van der Waals surface area contributed by atoms with E-state index in [9.17, 15) is 4.79 Å². The second-order valence-electron chi connectivity index (χ2n) is 6.61. The molecule has 1 unspecified atom stereocenters. The van der Waals surface area contributed by atoms with Crippen LogP contribution in [0.5, 0.6) is 0 Å². The van der Waals surface area contributed by atoms with Gasteiger partial charge in [0, 0.05) is 17.8 Å². The van der Waals surface area contributed by atoms with E-state index in [1.165, 1.54) is 0 Å². The molecule has 1 aliphatic rings. The highest BCUT2D eigenvalue weighted by atomic mass is 16.1. The molecule has 0 spiro atoms. The van der Waals surface area contributed by atoms with Gasteiger partial charge in [-0.05, 0) is 61.2 Å². The van der Waals surface area contributed by atoms with Gasteiger partial charge in [0.1, 0.15) is 5.41 Å². The number of H-pyrrole nitrogens is 1. The van der Waals surface area contributed by atoms with Crippen molar-refractivity contribution in [1.82, 2.24) is 20.5 Å². The number of aromatic nitrogens is 3. The molecule has 0 bridgehead atoms. The molecule has 2 aromatic heterocycles. The number of hydrogen-bond donors (Lipinski definition) is 3. The molecule has 1 saturated heterocycles. The molecule has 6 heteroatoms. The molecular formula is C19H21N5O. The topological polar surface area (TPSA) is 96.7 Å². The van der Waals surface area contributed by atoms with E-state index in [1.54, 1.807) is 18.6 Å². The lowest BCUT2D eigenvalue weighted by Crippen LogP contribution is -2.51. The summed E-state index contributed by atoms with van der Waals surface area (Å²) in [5.74, 6) is -0.199. The molecule has 0 radical (unpaired) electrons. The molecule has 0 aliphatic carbocycles. The summed E-state index contributed by atoms with van der Waals surface area (Å²) in [6.07, 6.45) is 7.04. The molecule has 3 aromatic rings. The van der Waals surface area contributed by atoms with Crippen LogP contribution in [0.15, 0.2) is 48.9 Å². The van der Waals surface area contributed by atoms with Crippen LogP contribution in [-0.4, -0.2) is 34.2 Å². The molecule has 1 fully saturated rings. The van der Waals surface area contributed by atoms with E-state index in [1.807, 2.05) is 30.3 Å². The smallest absolute Gasteiger partial charge is 0.232 e. The van der Waals surface area contributed by atoms with Crippen LogP contribution in [0.1, 0.15) is 24.0 Å². The van der Waals surface area contributed by atoms with Gasteiger partial charge in [0.2, 0.25) is 5.91 Å². The van der Waals surface area contributed by atoms with Crippen molar-refractivity contribution in [2.45, 2.75) is 18.3 Å². The molecule has 6 nitrogen and oxygen atoms in total. The van der Waals surface area contributed by atoms with Crippen molar-refractivity contribution in [2.24, 2.45) is 11.7 Å². The highest BCUT2D eigenvalue weighted by Gasteiger charge is 2.47. The van der Waals surface area contributed by atoms with E-state index in [0.29, 0.717) is 0 Å². The van der Waals surface area contributed by atoms with Gasteiger partial charge in [-0.1, -0.05) is 12.1 Å². The van der Waals surface area contributed by atoms with Crippen molar-refractivity contribution in [1.29, 1.82) is 0 Å². The number of hydrogen-bond acceptors (Lipinski definition) is 4. The zero-order valence-corrected chi connectivity index (χ0v) is 13.9. The molecule has 0 saturated carbocycles. The minimum Gasteiger partial charge on any atom is -0.369 e. The lowest BCUT2D eigenvalue weighted by Gasteiger charge is -2.41. The fraction of sp³-hybridized carbons (Fsp3) is 0.316. The maximum absolute atomic E-state index is 12.9. The van der Waals surface area contributed by atoms with E-state index in [2.05, 4.69) is 20.5 Å². The molecule has 1 amide bonds. The number of fused-ring (bicyclic) bond motifs is 1. The largest absolute Gasteiger partial charge is 0.369 e. The van der Waals surface area contributed by atoms with Crippen LogP contribution in [0.2, 0.25) is 0 Å². The minimum absolute atomic E-state index is 0.125. The third-order valence-corrected chi connectivity index (χ3v) is 5.35. The Labute approximate surface area is 145 Å². The zero-order chi connectivity index (χ0) is 17.3. The van der Waals surface area contributed by atoms with Crippen LogP contribution < -0.4 is 11.1 Å². The Bertz CT molecular complexity index is 885. The van der Waals surface area contributed by atoms with Gasteiger partial charge in [-0.25, -0.2) is 0 Å². The summed E-state index contributed by atoms with van der Waals surface area (Å²) in [6, 6.07) is 9.80. The van der Waals surface area contributed by atoms with Crippen LogP contribution in [0.4, 0.5) is 0 Å². The Morgan fingerprint density at radius 3 is 2.72 bits per heavy atom. The fourth-order valence-electron chi connectivity index (χ4n) is 4.16. The first-order valence-electron chi connectivity index (χ1n) is 8.57. The summed E-state index contributed by atoms with van der Waals surface area (Å²) in [5, 5.41) is 11.4. The number of benzene rings is 1. The van der Waals surface area contributed by atoms with Crippen LogP contribution in [-0.2, 0) is 10.2 Å². The standard InChI is InChI=1S/C19H21N5O/c20-18(25)19(14-5-8-21-9-6-14,16-2-1-7-22-12-16)15-3-4-17-13(10-15)11-23-24-17/h1-4,7,10-12,14,21H,5-6,8-9H2,(H2,20,25)(H,23,24). The maximum Gasteiger partial charge on any atom is 0.232 e. The molecule has 1 aromatic carbocycles. The van der Waals surface area contributed by atoms with Crippen LogP contribution >= 0.6 is 0 Å². The molecule has 4 N–H and O–H groups in total. The van der Waals surface area contributed by atoms with E-state index < -0.39 is 5.41 Å². The number of piperidine rings is 1. The molecule has 4 rings (SSSR count). The van der Waals surface area contributed by atoms with Crippen molar-refractivity contribution in [3.8, 4) is 0 Å². The zero-order valence-electron chi connectivity index (χ0n) is 13.9. The predicted molar refractivity (Wildman–Crippen MR) is 95.9 cm³/mol. The maximum atomic E-state index is 12.9. The Morgan fingerprint density at radius 1 is 1.16 bits per heavy atom. The number of carbonyl (C=O) groups is 1. The number of carbonyl (C=O) groups excluding carboxylic acids is 1. The number of rotatable bonds is 4. The van der Waals surface area contributed by atoms with E-state index in [0.717, 1.165) is 48.0 Å². The molecule has 128 valence electrons. The first-order chi connectivity index (χ1) is 12.2. The lowest BCUT2D eigenvalue weighted by molar-refractivity contribution is -0.124. The highest BCUT2D eigenvalue weighted by molar-refractivity contribution is 5.93. The normalized spacial score (nSPS) is 18.1.